The predicted molar refractivity (Wildman–Crippen MR) is 114 cm³/mol. The Labute approximate surface area is 174 Å². The highest BCUT2D eigenvalue weighted by Gasteiger charge is 2.46. The zero-order chi connectivity index (χ0) is 20.0. The third-order valence-corrected chi connectivity index (χ3v) is 20.6. The summed E-state index contributed by atoms with van der Waals surface area (Å²) in [6.45, 7) is 13.0. The summed E-state index contributed by atoms with van der Waals surface area (Å²) in [6.07, 6.45) is 2.48. The number of rotatable bonds is 12. The van der Waals surface area contributed by atoms with Crippen LogP contribution in [0.5, 0.6) is 0 Å². The van der Waals surface area contributed by atoms with Gasteiger partial charge in [0.2, 0.25) is 0 Å². The largest absolute Gasteiger partial charge is 0.420 e. The Kier molecular flexibility index (Phi) is 8.89. The molecule has 0 aromatic rings. The molecule has 3 aliphatic heterocycles. The van der Waals surface area contributed by atoms with Crippen molar-refractivity contribution in [2.24, 2.45) is 0 Å². The van der Waals surface area contributed by atoms with Crippen molar-refractivity contribution >= 4 is 35.7 Å². The van der Waals surface area contributed by atoms with Crippen LogP contribution < -0.4 is 0 Å². The van der Waals surface area contributed by atoms with Crippen LogP contribution in [0, 0.1) is 0 Å². The molecule has 12 heteroatoms. The maximum absolute atomic E-state index is 6.75. The van der Waals surface area contributed by atoms with Crippen LogP contribution in [-0.4, -0.2) is 87.5 Å². The summed E-state index contributed by atoms with van der Waals surface area (Å²) in [6, 6.07) is 1.80. The van der Waals surface area contributed by atoms with Crippen LogP contribution in [0.2, 0.25) is 38.3 Å². The second kappa shape index (κ2) is 10.7. The summed E-state index contributed by atoms with van der Waals surface area (Å²) in [5, 5.41) is 0. The van der Waals surface area contributed by atoms with Gasteiger partial charge in [-0.1, -0.05) is 0 Å². The second-order valence-electron chi connectivity index (χ2n) is 8.14. The molecule has 0 aromatic heterocycles. The van der Waals surface area contributed by atoms with Crippen molar-refractivity contribution in [2.75, 3.05) is 39.6 Å². The number of epoxide rings is 2. The fraction of sp³-hybridized carbons (Fsp3) is 1.00. The zero-order valence-electron chi connectivity index (χ0n) is 17.6. The van der Waals surface area contributed by atoms with Gasteiger partial charge < -0.3 is 35.4 Å². The van der Waals surface area contributed by atoms with Crippen molar-refractivity contribution in [3.05, 3.63) is 0 Å². The molecule has 8 nitrogen and oxygen atoms in total. The fourth-order valence-electron chi connectivity index (χ4n) is 3.50. The van der Waals surface area contributed by atoms with E-state index in [1.807, 2.05) is 0 Å². The smallest absolute Gasteiger partial charge is 0.317 e. The van der Waals surface area contributed by atoms with Gasteiger partial charge in [-0.15, -0.1) is 0 Å². The summed E-state index contributed by atoms with van der Waals surface area (Å²) in [4.78, 5) is 0. The molecule has 3 aliphatic rings. The molecule has 3 fully saturated rings. The molecule has 3 saturated heterocycles. The molecule has 0 spiro atoms. The van der Waals surface area contributed by atoms with Crippen molar-refractivity contribution in [1.29, 1.82) is 0 Å². The maximum atomic E-state index is 6.75. The average molecular weight is 469 g/mol. The normalized spacial score (nSPS) is 40.7. The topological polar surface area (TPSA) is 80.4 Å². The van der Waals surface area contributed by atoms with Gasteiger partial charge in [-0.05, 0) is 51.1 Å². The number of ether oxygens (including phenoxy) is 4. The number of hydrogen-bond donors (Lipinski definition) is 0. The quantitative estimate of drug-likeness (QED) is 0.242. The van der Waals surface area contributed by atoms with Crippen LogP contribution in [0.4, 0.5) is 0 Å². The predicted octanol–water partition coefficient (Wildman–Crippen LogP) is 1.52. The van der Waals surface area contributed by atoms with Gasteiger partial charge in [0, 0.05) is 13.2 Å². The fourth-order valence-corrected chi connectivity index (χ4v) is 21.0. The van der Waals surface area contributed by atoms with Gasteiger partial charge in [0.1, 0.15) is 12.2 Å². The highest BCUT2D eigenvalue weighted by atomic mass is 28.5. The second-order valence-corrected chi connectivity index (χ2v) is 19.7. The lowest BCUT2D eigenvalue weighted by Crippen LogP contribution is -2.59. The lowest BCUT2D eigenvalue weighted by Gasteiger charge is -2.43. The van der Waals surface area contributed by atoms with Gasteiger partial charge in [-0.3, -0.25) is 0 Å². The first-order valence-electron chi connectivity index (χ1n) is 10.5. The van der Waals surface area contributed by atoms with E-state index in [0.717, 1.165) is 38.1 Å². The molecule has 28 heavy (non-hydrogen) atoms. The van der Waals surface area contributed by atoms with E-state index in [0.29, 0.717) is 38.6 Å². The van der Waals surface area contributed by atoms with Gasteiger partial charge in [0.15, 0.2) is 0 Å². The van der Waals surface area contributed by atoms with E-state index >= 15 is 0 Å². The van der Waals surface area contributed by atoms with Gasteiger partial charge in [-0.25, -0.2) is 0 Å². The van der Waals surface area contributed by atoms with E-state index in [2.05, 4.69) is 26.2 Å². The van der Waals surface area contributed by atoms with Crippen molar-refractivity contribution in [3.63, 3.8) is 0 Å². The van der Waals surface area contributed by atoms with E-state index in [1.54, 1.807) is 0 Å². The highest BCUT2D eigenvalue weighted by Crippen LogP contribution is 2.29. The van der Waals surface area contributed by atoms with E-state index in [4.69, 9.17) is 35.4 Å². The van der Waals surface area contributed by atoms with Crippen LogP contribution in [0.3, 0.4) is 0 Å². The minimum Gasteiger partial charge on any atom is -0.420 e. The van der Waals surface area contributed by atoms with E-state index < -0.39 is 35.7 Å². The Hall–Kier alpha value is 0.548. The van der Waals surface area contributed by atoms with Gasteiger partial charge in [-0.2, -0.15) is 0 Å². The standard InChI is InChI=1S/C16H36O8Si4/c1-25-21-26(2)23-28(4,10-6-8-18-12-16-14-20-16)24-27(3,22-25)9-5-7-17-11-15-13-19-15/h15-16,25-26H,5-14H2,1-4H3. The van der Waals surface area contributed by atoms with Crippen LogP contribution >= 0.6 is 0 Å². The molecule has 0 aromatic carbocycles. The minimum atomic E-state index is -2.36. The van der Waals surface area contributed by atoms with Crippen LogP contribution in [0.15, 0.2) is 0 Å². The summed E-state index contributed by atoms with van der Waals surface area (Å²) < 4.78 is 47.5. The Morgan fingerprint density at radius 3 is 1.64 bits per heavy atom. The lowest BCUT2D eigenvalue weighted by atomic mass is 10.5. The van der Waals surface area contributed by atoms with E-state index in [1.165, 1.54) is 0 Å². The Morgan fingerprint density at radius 2 is 1.25 bits per heavy atom. The van der Waals surface area contributed by atoms with Crippen LogP contribution in [0.1, 0.15) is 12.8 Å². The van der Waals surface area contributed by atoms with Gasteiger partial charge >= 0.3 is 17.1 Å². The molecule has 3 heterocycles. The van der Waals surface area contributed by atoms with Crippen LogP contribution in [0.25, 0.3) is 0 Å². The molecular formula is C16H36O8Si4. The van der Waals surface area contributed by atoms with E-state index in [-0.39, 0.29) is 0 Å². The van der Waals surface area contributed by atoms with Gasteiger partial charge in [0.05, 0.1) is 26.4 Å². The summed E-state index contributed by atoms with van der Waals surface area (Å²) >= 11 is 0. The molecule has 0 aliphatic carbocycles. The highest BCUT2D eigenvalue weighted by molar-refractivity contribution is 6.86. The van der Waals surface area contributed by atoms with Crippen molar-refractivity contribution < 1.29 is 35.4 Å². The third-order valence-electron chi connectivity index (χ3n) is 4.90. The first kappa shape index (κ1) is 23.2. The Balaban J connectivity index is 1.46. The lowest BCUT2D eigenvalue weighted by molar-refractivity contribution is 0.114. The Bertz CT molecular complexity index is 444. The zero-order valence-corrected chi connectivity index (χ0v) is 22.0. The first-order chi connectivity index (χ1) is 13.4. The molecule has 6 atom stereocenters. The summed E-state index contributed by atoms with van der Waals surface area (Å²) in [5.41, 5.74) is 0. The van der Waals surface area contributed by atoms with Gasteiger partial charge in [0.25, 0.3) is 18.6 Å². The Morgan fingerprint density at radius 1 is 0.821 bits per heavy atom. The molecular weight excluding hydrogens is 433 g/mol. The molecule has 0 bridgehead atoms. The molecule has 0 saturated carbocycles. The molecule has 0 amide bonds. The average Bonchev–Trinajstić information content (AvgIpc) is 3.47. The van der Waals surface area contributed by atoms with Crippen molar-refractivity contribution in [2.45, 2.75) is 63.3 Å². The van der Waals surface area contributed by atoms with E-state index in [9.17, 15) is 0 Å². The molecule has 3 rings (SSSR count). The van der Waals surface area contributed by atoms with Crippen molar-refractivity contribution in [3.8, 4) is 0 Å². The molecule has 6 unspecified atom stereocenters. The third kappa shape index (κ3) is 8.73. The van der Waals surface area contributed by atoms with Crippen molar-refractivity contribution in [1.82, 2.24) is 0 Å². The monoisotopic (exact) mass is 468 g/mol. The SMILES string of the molecule is C[SiH]1O[SiH](C)O[Si](C)(CCCOCC2CO2)O[Si](C)(CCCOCC2CO2)O1. The molecule has 0 N–H and O–H groups in total. The van der Waals surface area contributed by atoms with Crippen LogP contribution in [-0.2, 0) is 35.4 Å². The molecule has 0 radical (unpaired) electrons. The minimum absolute atomic E-state index is 0.312. The summed E-state index contributed by atoms with van der Waals surface area (Å²) in [5.74, 6) is 0. The number of hydrogen-bond acceptors (Lipinski definition) is 8. The summed E-state index contributed by atoms with van der Waals surface area (Å²) in [7, 11) is -8.17. The first-order valence-corrected chi connectivity index (χ1v) is 19.7. The maximum Gasteiger partial charge on any atom is 0.317 e. The molecule has 164 valence electrons.